The van der Waals surface area contributed by atoms with Gasteiger partial charge in [0.1, 0.15) is 12.1 Å². The average molecular weight is 284 g/mol. The maximum Gasteiger partial charge on any atom is 0.254 e. The molecule has 7 heteroatoms. The molecule has 0 atom stereocenters. The fourth-order valence-corrected chi connectivity index (χ4v) is 2.34. The Kier molecular flexibility index (Phi) is 3.17. The van der Waals surface area contributed by atoms with Crippen molar-refractivity contribution in [3.63, 3.8) is 0 Å². The Labute approximate surface area is 121 Å². The number of anilines is 1. The zero-order chi connectivity index (χ0) is 15.0. The van der Waals surface area contributed by atoms with Crippen molar-refractivity contribution in [2.75, 3.05) is 5.32 Å². The molecular weight excluding hydrogens is 268 g/mol. The maximum atomic E-state index is 12.0. The molecule has 2 N–H and O–H groups in total. The number of aromatic nitrogens is 5. The second-order valence-corrected chi connectivity index (χ2v) is 5.05. The Morgan fingerprint density at radius 1 is 1.29 bits per heavy atom. The van der Waals surface area contributed by atoms with E-state index < -0.39 is 0 Å². The lowest BCUT2D eigenvalue weighted by molar-refractivity contribution is 0.908. The van der Waals surface area contributed by atoms with Crippen LogP contribution >= 0.6 is 0 Å². The van der Waals surface area contributed by atoms with Gasteiger partial charge in [-0.2, -0.15) is 14.6 Å². The largest absolute Gasteiger partial charge is 0.366 e. The molecule has 0 amide bonds. The number of nitrogens with zero attached hydrogens (tertiary/aromatic N) is 4. The molecule has 0 aliphatic rings. The van der Waals surface area contributed by atoms with Crippen LogP contribution in [0.1, 0.15) is 22.5 Å². The number of aryl methyl sites for hydroxylation is 3. The van der Waals surface area contributed by atoms with Gasteiger partial charge in [-0.1, -0.05) is 0 Å². The molecule has 0 aliphatic carbocycles. The standard InChI is InChI=1S/C14H16N6O/c1-8-4-9(2)18-13(21)11(8)6-15-12-5-10(3)19-14-16-7-17-20(12)14/h4-5,7,15H,6H2,1-3H3,(H,18,21). The van der Waals surface area contributed by atoms with Gasteiger partial charge in [-0.25, -0.2) is 4.98 Å². The number of pyridine rings is 1. The van der Waals surface area contributed by atoms with Crippen molar-refractivity contribution < 1.29 is 0 Å². The van der Waals surface area contributed by atoms with Gasteiger partial charge in [0.25, 0.3) is 11.3 Å². The SMILES string of the molecule is Cc1cc(NCc2c(C)cc(C)[nH]c2=O)n2ncnc2n1. The van der Waals surface area contributed by atoms with Crippen LogP contribution < -0.4 is 10.9 Å². The molecule has 0 saturated heterocycles. The molecule has 21 heavy (non-hydrogen) atoms. The smallest absolute Gasteiger partial charge is 0.254 e. The topological polar surface area (TPSA) is 88.0 Å². The number of nitrogens with one attached hydrogen (secondary N) is 2. The molecule has 0 aliphatic heterocycles. The number of fused-ring (bicyclic) bond motifs is 1. The molecule has 0 aromatic carbocycles. The molecule has 3 aromatic heterocycles. The summed E-state index contributed by atoms with van der Waals surface area (Å²) >= 11 is 0. The molecule has 3 rings (SSSR count). The third-order valence-corrected chi connectivity index (χ3v) is 3.32. The molecule has 0 fully saturated rings. The van der Waals surface area contributed by atoms with Crippen molar-refractivity contribution in [3.05, 3.63) is 51.3 Å². The van der Waals surface area contributed by atoms with E-state index in [1.54, 1.807) is 4.52 Å². The van der Waals surface area contributed by atoms with Crippen LogP contribution in [0.2, 0.25) is 0 Å². The van der Waals surface area contributed by atoms with E-state index in [4.69, 9.17) is 0 Å². The summed E-state index contributed by atoms with van der Waals surface area (Å²) < 4.78 is 1.62. The number of aromatic amines is 1. The molecule has 0 saturated carbocycles. The van der Waals surface area contributed by atoms with Crippen molar-refractivity contribution >= 4 is 11.6 Å². The van der Waals surface area contributed by atoms with Crippen molar-refractivity contribution in [2.24, 2.45) is 0 Å². The minimum absolute atomic E-state index is 0.0689. The van der Waals surface area contributed by atoms with Gasteiger partial charge in [0.05, 0.1) is 0 Å². The Balaban J connectivity index is 1.94. The summed E-state index contributed by atoms with van der Waals surface area (Å²) in [6.07, 6.45) is 1.46. The summed E-state index contributed by atoms with van der Waals surface area (Å²) in [5, 5.41) is 7.36. The highest BCUT2D eigenvalue weighted by Gasteiger charge is 2.08. The Bertz CT molecular complexity index is 864. The lowest BCUT2D eigenvalue weighted by Gasteiger charge is -2.10. The first-order valence-electron chi connectivity index (χ1n) is 6.65. The van der Waals surface area contributed by atoms with Crippen LogP contribution in [0.4, 0.5) is 5.82 Å². The maximum absolute atomic E-state index is 12.0. The molecule has 3 aromatic rings. The van der Waals surface area contributed by atoms with Crippen LogP contribution in [0.15, 0.2) is 23.3 Å². The van der Waals surface area contributed by atoms with Gasteiger partial charge in [0.15, 0.2) is 0 Å². The minimum Gasteiger partial charge on any atom is -0.366 e. The van der Waals surface area contributed by atoms with Gasteiger partial charge >= 0.3 is 0 Å². The van der Waals surface area contributed by atoms with E-state index in [9.17, 15) is 4.79 Å². The fraction of sp³-hybridized carbons (Fsp3) is 0.286. The summed E-state index contributed by atoms with van der Waals surface area (Å²) in [4.78, 5) is 23.2. The average Bonchev–Trinajstić information content (AvgIpc) is 2.85. The van der Waals surface area contributed by atoms with Gasteiger partial charge in [-0.05, 0) is 32.4 Å². The van der Waals surface area contributed by atoms with Gasteiger partial charge in [-0.3, -0.25) is 4.79 Å². The molecule has 108 valence electrons. The van der Waals surface area contributed by atoms with Crippen LogP contribution in [-0.4, -0.2) is 24.6 Å². The van der Waals surface area contributed by atoms with Crippen LogP contribution in [0, 0.1) is 20.8 Å². The van der Waals surface area contributed by atoms with Crippen LogP contribution in [0.5, 0.6) is 0 Å². The van der Waals surface area contributed by atoms with Crippen molar-refractivity contribution in [1.29, 1.82) is 0 Å². The van der Waals surface area contributed by atoms with E-state index in [-0.39, 0.29) is 5.56 Å². The summed E-state index contributed by atoms with van der Waals surface area (Å²) in [5.41, 5.74) is 3.31. The first-order valence-corrected chi connectivity index (χ1v) is 6.65. The van der Waals surface area contributed by atoms with Gasteiger partial charge < -0.3 is 10.3 Å². The summed E-state index contributed by atoms with van der Waals surface area (Å²) in [7, 11) is 0. The zero-order valence-corrected chi connectivity index (χ0v) is 12.1. The minimum atomic E-state index is -0.0689. The number of H-pyrrole nitrogens is 1. The molecule has 0 bridgehead atoms. The molecule has 0 spiro atoms. The van der Waals surface area contributed by atoms with Crippen molar-refractivity contribution in [3.8, 4) is 0 Å². The highest BCUT2D eigenvalue weighted by atomic mass is 16.1. The Morgan fingerprint density at radius 2 is 2.10 bits per heavy atom. The predicted octanol–water partition coefficient (Wildman–Crippen LogP) is 1.35. The second kappa shape index (κ2) is 5.01. The molecule has 3 heterocycles. The van der Waals surface area contributed by atoms with E-state index in [0.29, 0.717) is 17.9 Å². The molecule has 0 radical (unpaired) electrons. The molecular formula is C14H16N6O. The van der Waals surface area contributed by atoms with Gasteiger partial charge in [0.2, 0.25) is 0 Å². The van der Waals surface area contributed by atoms with E-state index in [1.165, 1.54) is 6.33 Å². The molecule has 7 nitrogen and oxygen atoms in total. The third-order valence-electron chi connectivity index (χ3n) is 3.32. The number of hydrogen-bond acceptors (Lipinski definition) is 5. The van der Waals surface area contributed by atoms with E-state index in [1.807, 2.05) is 32.9 Å². The van der Waals surface area contributed by atoms with E-state index >= 15 is 0 Å². The normalized spacial score (nSPS) is 11.0. The van der Waals surface area contributed by atoms with Crippen LogP contribution in [0.3, 0.4) is 0 Å². The summed E-state index contributed by atoms with van der Waals surface area (Å²) in [6.45, 7) is 6.11. The van der Waals surface area contributed by atoms with Crippen LogP contribution in [-0.2, 0) is 6.54 Å². The zero-order valence-electron chi connectivity index (χ0n) is 12.1. The van der Waals surface area contributed by atoms with E-state index in [2.05, 4.69) is 25.4 Å². The highest BCUT2D eigenvalue weighted by Crippen LogP contribution is 2.12. The number of rotatable bonds is 3. The Morgan fingerprint density at radius 3 is 2.86 bits per heavy atom. The van der Waals surface area contributed by atoms with Crippen molar-refractivity contribution in [1.82, 2.24) is 24.6 Å². The second-order valence-electron chi connectivity index (χ2n) is 5.05. The fourth-order valence-electron chi connectivity index (χ4n) is 2.34. The monoisotopic (exact) mass is 284 g/mol. The van der Waals surface area contributed by atoms with Gasteiger partial charge in [0, 0.05) is 29.6 Å². The quantitative estimate of drug-likeness (QED) is 0.758. The third kappa shape index (κ3) is 2.49. The van der Waals surface area contributed by atoms with E-state index in [0.717, 1.165) is 22.8 Å². The summed E-state index contributed by atoms with van der Waals surface area (Å²) in [5.74, 6) is 1.29. The van der Waals surface area contributed by atoms with Crippen molar-refractivity contribution in [2.45, 2.75) is 27.3 Å². The lowest BCUT2D eigenvalue weighted by atomic mass is 10.1. The first-order chi connectivity index (χ1) is 10.0. The highest BCUT2D eigenvalue weighted by molar-refractivity contribution is 5.45. The van der Waals surface area contributed by atoms with Crippen LogP contribution in [0.25, 0.3) is 5.78 Å². The molecule has 0 unspecified atom stereocenters. The number of hydrogen-bond donors (Lipinski definition) is 2. The summed E-state index contributed by atoms with van der Waals surface area (Å²) in [6, 6.07) is 3.83. The first kappa shape index (κ1) is 13.3. The van der Waals surface area contributed by atoms with Gasteiger partial charge in [-0.15, -0.1) is 0 Å². The predicted molar refractivity (Wildman–Crippen MR) is 79.4 cm³/mol. The Hall–Kier alpha value is -2.70. The lowest BCUT2D eigenvalue weighted by Crippen LogP contribution is -2.19.